The van der Waals surface area contributed by atoms with E-state index in [1.54, 1.807) is 24.3 Å². The second kappa shape index (κ2) is 7.57. The van der Waals surface area contributed by atoms with Crippen LogP contribution in [-0.2, 0) is 6.18 Å². The normalized spacial score (nSPS) is 11.2. The Hall–Kier alpha value is -2.21. The van der Waals surface area contributed by atoms with Gasteiger partial charge in [0.25, 0.3) is 5.91 Å². The Bertz CT molecular complexity index is 702. The molecular weight excluding hydrogens is 343 g/mol. The number of carbonyl (C=O) groups is 1. The lowest BCUT2D eigenvalue weighted by Crippen LogP contribution is -2.32. The van der Waals surface area contributed by atoms with Gasteiger partial charge in [0.15, 0.2) is 0 Å². The van der Waals surface area contributed by atoms with Crippen LogP contribution in [0.15, 0.2) is 48.5 Å². The average Bonchev–Trinajstić information content (AvgIpc) is 2.55. The van der Waals surface area contributed by atoms with E-state index in [9.17, 15) is 18.0 Å². The SMILES string of the molecule is CN(CCOc1ccc(Cl)cc1)C(=O)c1ccccc1C(F)(F)F. The minimum atomic E-state index is -4.58. The number of carbonyl (C=O) groups excluding carboxylic acids is 1. The van der Waals surface area contributed by atoms with Crippen LogP contribution >= 0.6 is 11.6 Å². The molecule has 1 amide bonds. The van der Waals surface area contributed by atoms with Crippen molar-refractivity contribution >= 4 is 17.5 Å². The predicted molar refractivity (Wildman–Crippen MR) is 85.4 cm³/mol. The molecule has 0 aromatic heterocycles. The van der Waals surface area contributed by atoms with Gasteiger partial charge in [0, 0.05) is 12.1 Å². The van der Waals surface area contributed by atoms with E-state index >= 15 is 0 Å². The molecule has 0 radical (unpaired) electrons. The number of hydrogen-bond donors (Lipinski definition) is 0. The van der Waals surface area contributed by atoms with Gasteiger partial charge in [0.2, 0.25) is 0 Å². The topological polar surface area (TPSA) is 29.5 Å². The third-order valence-electron chi connectivity index (χ3n) is 3.32. The summed E-state index contributed by atoms with van der Waals surface area (Å²) >= 11 is 5.76. The zero-order chi connectivity index (χ0) is 17.7. The standard InChI is InChI=1S/C17H15ClF3NO2/c1-22(10-11-24-13-8-6-12(18)7-9-13)16(23)14-4-2-3-5-15(14)17(19,20)21/h2-9H,10-11H2,1H3. The van der Waals surface area contributed by atoms with Crippen LogP contribution < -0.4 is 4.74 Å². The molecule has 0 fully saturated rings. The molecule has 3 nitrogen and oxygen atoms in total. The van der Waals surface area contributed by atoms with Crippen LogP contribution in [0.3, 0.4) is 0 Å². The third-order valence-corrected chi connectivity index (χ3v) is 3.57. The molecule has 0 spiro atoms. The summed E-state index contributed by atoms with van der Waals surface area (Å²) < 4.78 is 44.4. The maximum absolute atomic E-state index is 13.0. The van der Waals surface area contributed by atoms with Crippen molar-refractivity contribution in [1.82, 2.24) is 4.90 Å². The number of ether oxygens (including phenoxy) is 1. The molecule has 0 aliphatic heterocycles. The fourth-order valence-electron chi connectivity index (χ4n) is 2.06. The first-order valence-corrected chi connectivity index (χ1v) is 7.47. The summed E-state index contributed by atoms with van der Waals surface area (Å²) in [6.45, 7) is 0.297. The Morgan fingerprint density at radius 1 is 1.12 bits per heavy atom. The highest BCUT2D eigenvalue weighted by atomic mass is 35.5. The number of hydrogen-bond acceptors (Lipinski definition) is 2. The van der Waals surface area contributed by atoms with Gasteiger partial charge in [-0.1, -0.05) is 23.7 Å². The van der Waals surface area contributed by atoms with Gasteiger partial charge in [-0.05, 0) is 36.4 Å². The molecule has 0 bridgehead atoms. The lowest BCUT2D eigenvalue weighted by atomic mass is 10.1. The van der Waals surface area contributed by atoms with Crippen LogP contribution in [0.2, 0.25) is 5.02 Å². The van der Waals surface area contributed by atoms with Gasteiger partial charge in [0.1, 0.15) is 12.4 Å². The van der Waals surface area contributed by atoms with Gasteiger partial charge in [-0.25, -0.2) is 0 Å². The van der Waals surface area contributed by atoms with Crippen molar-refractivity contribution in [2.75, 3.05) is 20.2 Å². The summed E-state index contributed by atoms with van der Waals surface area (Å²) in [5.74, 6) is -0.140. The number of halogens is 4. The Kier molecular flexibility index (Phi) is 5.72. The zero-order valence-electron chi connectivity index (χ0n) is 12.8. The Labute approximate surface area is 142 Å². The lowest BCUT2D eigenvalue weighted by Gasteiger charge is -2.20. The number of benzene rings is 2. The second-order valence-electron chi connectivity index (χ2n) is 5.07. The maximum Gasteiger partial charge on any atom is 0.417 e. The molecule has 0 heterocycles. The van der Waals surface area contributed by atoms with Crippen molar-refractivity contribution < 1.29 is 22.7 Å². The molecule has 0 aliphatic carbocycles. The van der Waals surface area contributed by atoms with Crippen LogP contribution in [0.25, 0.3) is 0 Å². The average molecular weight is 358 g/mol. The molecule has 7 heteroatoms. The largest absolute Gasteiger partial charge is 0.492 e. The van der Waals surface area contributed by atoms with Crippen molar-refractivity contribution in [3.8, 4) is 5.75 Å². The number of rotatable bonds is 5. The smallest absolute Gasteiger partial charge is 0.417 e. The fourth-order valence-corrected chi connectivity index (χ4v) is 2.18. The molecule has 0 unspecified atom stereocenters. The highest BCUT2D eigenvalue weighted by Gasteiger charge is 2.35. The number of alkyl halides is 3. The Morgan fingerprint density at radius 3 is 2.38 bits per heavy atom. The van der Waals surface area contributed by atoms with Gasteiger partial charge >= 0.3 is 6.18 Å². The molecular formula is C17H15ClF3NO2. The molecule has 2 aromatic rings. The molecule has 0 aliphatic rings. The Morgan fingerprint density at radius 2 is 1.75 bits per heavy atom. The molecule has 2 aromatic carbocycles. The summed E-state index contributed by atoms with van der Waals surface area (Å²) in [7, 11) is 1.43. The molecule has 2 rings (SSSR count). The molecule has 0 saturated heterocycles. The highest BCUT2D eigenvalue weighted by Crippen LogP contribution is 2.32. The summed E-state index contributed by atoms with van der Waals surface area (Å²) in [5.41, 5.74) is -1.32. The van der Waals surface area contributed by atoms with E-state index in [-0.39, 0.29) is 18.7 Å². The monoisotopic (exact) mass is 357 g/mol. The quantitative estimate of drug-likeness (QED) is 0.788. The highest BCUT2D eigenvalue weighted by molar-refractivity contribution is 6.30. The van der Waals surface area contributed by atoms with Crippen molar-refractivity contribution in [2.45, 2.75) is 6.18 Å². The van der Waals surface area contributed by atoms with E-state index in [0.717, 1.165) is 6.07 Å². The number of nitrogens with zero attached hydrogens (tertiary/aromatic N) is 1. The summed E-state index contributed by atoms with van der Waals surface area (Å²) in [6.07, 6.45) is -4.58. The van der Waals surface area contributed by atoms with E-state index in [1.807, 2.05) is 0 Å². The van der Waals surface area contributed by atoms with Crippen molar-refractivity contribution in [2.24, 2.45) is 0 Å². The second-order valence-corrected chi connectivity index (χ2v) is 5.51. The maximum atomic E-state index is 13.0. The van der Waals surface area contributed by atoms with Crippen molar-refractivity contribution in [3.63, 3.8) is 0 Å². The number of amides is 1. The van der Waals surface area contributed by atoms with Crippen LogP contribution in [-0.4, -0.2) is 31.0 Å². The predicted octanol–water partition coefficient (Wildman–Crippen LogP) is 4.51. The van der Waals surface area contributed by atoms with E-state index < -0.39 is 17.6 Å². The third kappa shape index (κ3) is 4.64. The van der Waals surface area contributed by atoms with E-state index in [4.69, 9.17) is 16.3 Å². The van der Waals surface area contributed by atoms with Crippen molar-refractivity contribution in [3.05, 3.63) is 64.7 Å². The molecule has 0 N–H and O–H groups in total. The first-order chi connectivity index (χ1) is 11.3. The first kappa shape index (κ1) is 18.1. The van der Waals surface area contributed by atoms with Crippen LogP contribution in [0, 0.1) is 0 Å². The van der Waals surface area contributed by atoms with Crippen molar-refractivity contribution in [1.29, 1.82) is 0 Å². The summed E-state index contributed by atoms with van der Waals surface area (Å²) in [4.78, 5) is 13.4. The lowest BCUT2D eigenvalue weighted by molar-refractivity contribution is -0.138. The minimum Gasteiger partial charge on any atom is -0.492 e. The first-order valence-electron chi connectivity index (χ1n) is 7.09. The number of likely N-dealkylation sites (N-methyl/N-ethyl adjacent to an activating group) is 1. The van der Waals surface area contributed by atoms with Crippen LogP contribution in [0.5, 0.6) is 5.75 Å². The molecule has 24 heavy (non-hydrogen) atoms. The molecule has 0 saturated carbocycles. The van der Waals surface area contributed by atoms with Crippen LogP contribution in [0.1, 0.15) is 15.9 Å². The van der Waals surface area contributed by atoms with Gasteiger partial charge in [0.05, 0.1) is 17.7 Å². The minimum absolute atomic E-state index is 0.146. The van der Waals surface area contributed by atoms with E-state index in [2.05, 4.69) is 0 Å². The fraction of sp³-hybridized carbons (Fsp3) is 0.235. The van der Waals surface area contributed by atoms with Gasteiger partial charge in [-0.15, -0.1) is 0 Å². The molecule has 128 valence electrons. The zero-order valence-corrected chi connectivity index (χ0v) is 13.6. The van der Waals surface area contributed by atoms with Gasteiger partial charge in [-0.2, -0.15) is 13.2 Å². The molecule has 0 atom stereocenters. The summed E-state index contributed by atoms with van der Waals surface area (Å²) in [6, 6.07) is 11.4. The van der Waals surface area contributed by atoms with Gasteiger partial charge in [-0.3, -0.25) is 4.79 Å². The van der Waals surface area contributed by atoms with Gasteiger partial charge < -0.3 is 9.64 Å². The summed E-state index contributed by atoms with van der Waals surface area (Å²) in [5, 5.41) is 0.568. The van der Waals surface area contributed by atoms with E-state index in [0.29, 0.717) is 10.8 Å². The van der Waals surface area contributed by atoms with Crippen LogP contribution in [0.4, 0.5) is 13.2 Å². The van der Waals surface area contributed by atoms with E-state index in [1.165, 1.54) is 30.1 Å². The Balaban J connectivity index is 1.99.